The van der Waals surface area contributed by atoms with Crippen LogP contribution >= 0.6 is 15.9 Å². The van der Waals surface area contributed by atoms with E-state index in [0.29, 0.717) is 17.9 Å². The van der Waals surface area contributed by atoms with Crippen LogP contribution in [0.4, 0.5) is 0 Å². The molecule has 0 saturated heterocycles. The van der Waals surface area contributed by atoms with E-state index in [1.54, 1.807) is 12.1 Å². The van der Waals surface area contributed by atoms with Crippen LogP contribution < -0.4 is 0 Å². The van der Waals surface area contributed by atoms with Crippen LogP contribution in [0.5, 0.6) is 0 Å². The Morgan fingerprint density at radius 1 is 1.44 bits per heavy atom. The summed E-state index contributed by atoms with van der Waals surface area (Å²) in [4.78, 5) is 0.372. The molecule has 18 heavy (non-hydrogen) atoms. The van der Waals surface area contributed by atoms with Gasteiger partial charge < -0.3 is 5.11 Å². The number of hydrogen-bond acceptors (Lipinski definition) is 3. The van der Waals surface area contributed by atoms with Crippen molar-refractivity contribution in [3.8, 4) is 0 Å². The average molecular weight is 334 g/mol. The van der Waals surface area contributed by atoms with Crippen LogP contribution in [0.2, 0.25) is 0 Å². The topological polar surface area (TPSA) is 57.6 Å². The third kappa shape index (κ3) is 2.22. The fraction of sp³-hybridized carbons (Fsp3) is 0.500. The van der Waals surface area contributed by atoms with Crippen LogP contribution in [0.15, 0.2) is 27.6 Å². The Morgan fingerprint density at radius 2 is 2.11 bits per heavy atom. The number of hydrogen-bond donors (Lipinski definition) is 1. The number of halogens is 1. The molecule has 0 unspecified atom stereocenters. The number of sulfonamides is 1. The Morgan fingerprint density at radius 3 is 2.72 bits per heavy atom. The van der Waals surface area contributed by atoms with Crippen LogP contribution in [0.1, 0.15) is 25.8 Å². The van der Waals surface area contributed by atoms with Crippen LogP contribution in [0.3, 0.4) is 0 Å². The van der Waals surface area contributed by atoms with Crippen molar-refractivity contribution in [1.82, 2.24) is 4.31 Å². The molecule has 0 saturated carbocycles. The molecule has 2 rings (SSSR count). The molecular weight excluding hydrogens is 318 g/mol. The quantitative estimate of drug-likeness (QED) is 0.921. The molecule has 1 aliphatic heterocycles. The lowest BCUT2D eigenvalue weighted by Gasteiger charge is -2.33. The summed E-state index contributed by atoms with van der Waals surface area (Å²) in [6.07, 6.45) is 0.418. The second-order valence-electron chi connectivity index (χ2n) is 5.05. The van der Waals surface area contributed by atoms with Gasteiger partial charge in [-0.05, 0) is 44.0 Å². The largest absolute Gasteiger partial charge is 0.396 e. The third-order valence-corrected chi connectivity index (χ3v) is 5.95. The summed E-state index contributed by atoms with van der Waals surface area (Å²) in [5.41, 5.74) is 0.217. The van der Waals surface area contributed by atoms with E-state index in [1.165, 1.54) is 4.31 Å². The zero-order chi connectivity index (χ0) is 13.6. The van der Waals surface area contributed by atoms with Gasteiger partial charge in [-0.1, -0.05) is 15.9 Å². The third-order valence-electron chi connectivity index (χ3n) is 3.30. The Labute approximate surface area is 116 Å². The van der Waals surface area contributed by atoms with E-state index in [4.69, 9.17) is 5.11 Å². The molecule has 1 aliphatic rings. The number of fused-ring (bicyclic) bond motifs is 1. The molecule has 0 atom stereocenters. The van der Waals surface area contributed by atoms with Crippen LogP contribution in [-0.2, 0) is 16.6 Å². The van der Waals surface area contributed by atoms with Crippen molar-refractivity contribution >= 4 is 26.0 Å². The first-order valence-electron chi connectivity index (χ1n) is 5.71. The van der Waals surface area contributed by atoms with Crippen LogP contribution in [0.25, 0.3) is 0 Å². The van der Waals surface area contributed by atoms with Gasteiger partial charge in [-0.3, -0.25) is 0 Å². The summed E-state index contributed by atoms with van der Waals surface area (Å²) in [6.45, 7) is 4.01. The Hall–Kier alpha value is -0.430. The molecule has 1 aromatic rings. The van der Waals surface area contributed by atoms with Crippen molar-refractivity contribution < 1.29 is 13.5 Å². The van der Waals surface area contributed by atoms with E-state index >= 15 is 0 Å². The first-order valence-corrected chi connectivity index (χ1v) is 7.94. The van der Waals surface area contributed by atoms with Gasteiger partial charge in [0.2, 0.25) is 10.0 Å². The molecule has 0 aromatic heterocycles. The smallest absolute Gasteiger partial charge is 0.244 e. The maximum atomic E-state index is 12.4. The first kappa shape index (κ1) is 14.0. The number of aliphatic hydroxyl groups is 1. The second-order valence-corrected chi connectivity index (χ2v) is 7.80. The molecule has 0 aliphatic carbocycles. The highest BCUT2D eigenvalue weighted by Gasteiger charge is 2.42. The minimum Gasteiger partial charge on any atom is -0.396 e. The van der Waals surface area contributed by atoms with E-state index in [0.717, 1.165) is 10.0 Å². The molecule has 0 spiro atoms. The molecule has 0 fully saturated rings. The molecule has 1 N–H and O–H groups in total. The monoisotopic (exact) mass is 333 g/mol. The predicted octanol–water partition coefficient (Wildman–Crippen LogP) is 2.11. The van der Waals surface area contributed by atoms with Crippen LogP contribution in [-0.4, -0.2) is 30.0 Å². The van der Waals surface area contributed by atoms with Crippen molar-refractivity contribution in [3.05, 3.63) is 28.2 Å². The SMILES string of the molecule is CC(C)(CCO)N1Cc2cc(Br)ccc2S1(=O)=O. The summed E-state index contributed by atoms with van der Waals surface area (Å²) in [6, 6.07) is 5.20. The molecule has 4 nitrogen and oxygen atoms in total. The summed E-state index contributed by atoms with van der Waals surface area (Å²) in [7, 11) is -3.44. The van der Waals surface area contributed by atoms with Gasteiger partial charge in [0, 0.05) is 23.2 Å². The zero-order valence-electron chi connectivity index (χ0n) is 10.4. The van der Waals surface area contributed by atoms with Crippen molar-refractivity contribution in [1.29, 1.82) is 0 Å². The fourth-order valence-corrected chi connectivity index (χ4v) is 4.61. The lowest BCUT2D eigenvalue weighted by molar-refractivity contribution is 0.165. The standard InChI is InChI=1S/C12H16BrNO3S/c1-12(2,5-6-15)14-8-9-7-10(13)3-4-11(9)18(14,16)17/h3-4,7,15H,5-6,8H2,1-2H3. The molecule has 0 bridgehead atoms. The molecule has 1 heterocycles. The molecule has 0 radical (unpaired) electrons. The maximum Gasteiger partial charge on any atom is 0.244 e. The molecule has 0 amide bonds. The van der Waals surface area contributed by atoms with E-state index in [1.807, 2.05) is 19.9 Å². The Kier molecular flexibility index (Phi) is 3.57. The lowest BCUT2D eigenvalue weighted by Crippen LogP contribution is -2.44. The highest BCUT2D eigenvalue weighted by Crippen LogP contribution is 2.37. The summed E-state index contributed by atoms with van der Waals surface area (Å²) in [5, 5.41) is 9.06. The van der Waals surface area contributed by atoms with Gasteiger partial charge in [-0.25, -0.2) is 8.42 Å². The number of rotatable bonds is 3. The van der Waals surface area contributed by atoms with Crippen molar-refractivity contribution in [2.75, 3.05) is 6.61 Å². The molecule has 6 heteroatoms. The zero-order valence-corrected chi connectivity index (χ0v) is 12.8. The fourth-order valence-electron chi connectivity index (χ4n) is 2.22. The maximum absolute atomic E-state index is 12.4. The molecular formula is C12H16BrNO3S. The highest BCUT2D eigenvalue weighted by molar-refractivity contribution is 9.10. The van der Waals surface area contributed by atoms with Gasteiger partial charge in [0.1, 0.15) is 0 Å². The van der Waals surface area contributed by atoms with Gasteiger partial charge in [-0.2, -0.15) is 4.31 Å². The minimum absolute atomic E-state index is 0.0287. The Bertz CT molecular complexity index is 569. The number of aliphatic hydroxyl groups excluding tert-OH is 1. The Balaban J connectivity index is 2.47. The van der Waals surface area contributed by atoms with E-state index in [-0.39, 0.29) is 6.61 Å². The number of benzene rings is 1. The summed E-state index contributed by atoms with van der Waals surface area (Å²) < 4.78 is 27.2. The first-order chi connectivity index (χ1) is 8.29. The van der Waals surface area contributed by atoms with E-state index < -0.39 is 15.6 Å². The number of nitrogens with zero attached hydrogens (tertiary/aromatic N) is 1. The summed E-state index contributed by atoms with van der Waals surface area (Å²) in [5.74, 6) is 0. The van der Waals surface area contributed by atoms with E-state index in [2.05, 4.69) is 15.9 Å². The predicted molar refractivity (Wildman–Crippen MR) is 72.7 cm³/mol. The lowest BCUT2D eigenvalue weighted by atomic mass is 10.0. The van der Waals surface area contributed by atoms with Crippen LogP contribution in [0, 0.1) is 0 Å². The average Bonchev–Trinajstić information content (AvgIpc) is 2.50. The van der Waals surface area contributed by atoms with Gasteiger partial charge in [0.25, 0.3) is 0 Å². The van der Waals surface area contributed by atoms with Gasteiger partial charge in [0.05, 0.1) is 4.90 Å². The van der Waals surface area contributed by atoms with Gasteiger partial charge in [0.15, 0.2) is 0 Å². The molecule has 100 valence electrons. The normalized spacial score (nSPS) is 18.9. The van der Waals surface area contributed by atoms with Crippen molar-refractivity contribution in [2.24, 2.45) is 0 Å². The van der Waals surface area contributed by atoms with Crippen molar-refractivity contribution in [3.63, 3.8) is 0 Å². The van der Waals surface area contributed by atoms with Crippen molar-refractivity contribution in [2.45, 2.75) is 37.2 Å². The minimum atomic E-state index is -3.44. The summed E-state index contributed by atoms with van der Waals surface area (Å²) >= 11 is 3.35. The molecule has 1 aromatic carbocycles. The second kappa shape index (κ2) is 4.59. The van der Waals surface area contributed by atoms with Gasteiger partial charge >= 0.3 is 0 Å². The highest BCUT2D eigenvalue weighted by atomic mass is 79.9. The van der Waals surface area contributed by atoms with E-state index in [9.17, 15) is 8.42 Å². The van der Waals surface area contributed by atoms with Gasteiger partial charge in [-0.15, -0.1) is 0 Å².